The van der Waals surface area contributed by atoms with Gasteiger partial charge in [-0.3, -0.25) is 11.7 Å². The van der Waals surface area contributed by atoms with Crippen molar-refractivity contribution in [1.29, 1.82) is 0 Å². The topological polar surface area (TPSA) is 64.6 Å². The summed E-state index contributed by atoms with van der Waals surface area (Å²) in [7, 11) is 0. The Morgan fingerprint density at radius 1 is 1.71 bits per heavy atom. The highest BCUT2D eigenvalue weighted by Crippen LogP contribution is 2.08. The molecule has 1 aliphatic rings. The largest absolute Gasteiger partial charge is 0.372 e. The average Bonchev–Trinajstić information content (AvgIpc) is 2.52. The minimum Gasteiger partial charge on any atom is -0.372 e. The first-order chi connectivity index (χ1) is 3.43. The summed E-state index contributed by atoms with van der Waals surface area (Å²) in [4.78, 5) is 0. The van der Waals surface area contributed by atoms with Crippen LogP contribution in [0.5, 0.6) is 0 Å². The monoisotopic (exact) mass is 124 g/mol. The molecule has 1 heterocycles. The van der Waals surface area contributed by atoms with E-state index in [-0.39, 0.29) is 0 Å². The lowest BCUT2D eigenvalue weighted by atomic mass is 10.6. The van der Waals surface area contributed by atoms with Crippen LogP contribution in [0.25, 0.3) is 0 Å². The van der Waals surface area contributed by atoms with Crippen LogP contribution < -0.4 is 11.7 Å². The molecule has 0 aliphatic carbocycles. The maximum atomic E-state index is 5.27. The van der Waals surface area contributed by atoms with Crippen molar-refractivity contribution in [2.24, 2.45) is 11.7 Å². The fourth-order valence-corrected chi connectivity index (χ4v) is 0.335. The smallest absolute Gasteiger partial charge is 0.0944 e. The molecule has 0 bridgehead atoms. The van der Waals surface area contributed by atoms with E-state index in [0.717, 1.165) is 6.61 Å². The van der Waals surface area contributed by atoms with Gasteiger partial charge in [-0.2, -0.15) is 0 Å². The van der Waals surface area contributed by atoms with E-state index in [1.807, 2.05) is 0 Å². The first kappa shape index (κ1) is 7.17. The highest BCUT2D eigenvalue weighted by atomic mass is 35.5. The lowest BCUT2D eigenvalue weighted by Gasteiger charge is -1.67. The Morgan fingerprint density at radius 3 is 2.14 bits per heavy atom. The summed E-state index contributed by atoms with van der Waals surface area (Å²) in [6, 6.07) is 0. The van der Waals surface area contributed by atoms with Gasteiger partial charge < -0.3 is 4.74 Å². The van der Waals surface area contributed by atoms with Crippen LogP contribution in [0.2, 0.25) is 0 Å². The molecule has 0 radical (unpaired) electrons. The Labute approximate surface area is 47.5 Å². The average molecular weight is 125 g/mol. The third-order valence-corrected chi connectivity index (χ3v) is 0.919. The van der Waals surface area contributed by atoms with Crippen LogP contribution in [-0.4, -0.2) is 18.6 Å². The quantitative estimate of drug-likeness (QED) is 0.213. The molecule has 0 aromatic heterocycles. The van der Waals surface area contributed by atoms with E-state index in [1.165, 1.54) is 0 Å². The van der Waals surface area contributed by atoms with Gasteiger partial charge in [0.05, 0.1) is 18.6 Å². The number of hydrogen-bond acceptors (Lipinski definition) is 3. The second kappa shape index (κ2) is 4.33. The van der Waals surface area contributed by atoms with Crippen molar-refractivity contribution < 1.29 is 4.74 Å². The van der Waals surface area contributed by atoms with Crippen LogP contribution in [-0.2, 0) is 4.74 Å². The van der Waals surface area contributed by atoms with E-state index >= 15 is 0 Å². The molecule has 0 aromatic rings. The molecule has 0 saturated carbocycles. The zero-order valence-corrected chi connectivity index (χ0v) is 4.69. The molecule has 1 aliphatic heterocycles. The van der Waals surface area contributed by atoms with Gasteiger partial charge in [0.2, 0.25) is 0 Å². The number of halogens is 1. The highest BCUT2D eigenvalue weighted by Gasteiger charge is 2.19. The van der Waals surface area contributed by atoms with Crippen LogP contribution in [0, 0.1) is 0 Å². The predicted molar refractivity (Wildman–Crippen MR) is 28.8 cm³/mol. The van der Waals surface area contributed by atoms with Crippen LogP contribution in [0.1, 0.15) is 0 Å². The van der Waals surface area contributed by atoms with E-state index < -0.39 is 0 Å². The third kappa shape index (κ3) is 4.01. The second-order valence-electron chi connectivity index (χ2n) is 1.11. The zero-order valence-electron chi connectivity index (χ0n) is 3.93. The standard InChI is InChI=1S/C3H5ClO.H4N2/c4-1-3-2-5-3;1-2/h3H,1-2H2;1-2H2. The van der Waals surface area contributed by atoms with Crippen molar-refractivity contribution in [3.8, 4) is 0 Å². The molecule has 4 N–H and O–H groups in total. The molecule has 1 atom stereocenters. The number of hydrogen-bond donors (Lipinski definition) is 2. The number of nitrogens with two attached hydrogens (primary N) is 2. The minimum absolute atomic E-state index is 0.400. The molecule has 0 aromatic carbocycles. The van der Waals surface area contributed by atoms with E-state index in [4.69, 9.17) is 16.3 Å². The molecular weight excluding hydrogens is 115 g/mol. The number of alkyl halides is 1. The Morgan fingerprint density at radius 2 is 2.14 bits per heavy atom. The maximum absolute atomic E-state index is 5.27. The normalized spacial score (nSPS) is 25.3. The SMILES string of the molecule is ClCC1CO1.NN. The molecule has 1 unspecified atom stereocenters. The van der Waals surface area contributed by atoms with Gasteiger partial charge in [-0.15, -0.1) is 11.6 Å². The Kier molecular flexibility index (Phi) is 4.44. The molecule has 0 spiro atoms. The molecule has 1 rings (SSSR count). The number of hydrazine groups is 1. The summed E-state index contributed by atoms with van der Waals surface area (Å²) in [5.41, 5.74) is 0. The molecule has 0 amide bonds. The van der Waals surface area contributed by atoms with E-state index in [1.54, 1.807) is 0 Å². The lowest BCUT2D eigenvalue weighted by molar-refractivity contribution is 0.425. The molecule has 7 heavy (non-hydrogen) atoms. The molecule has 1 fully saturated rings. The predicted octanol–water partition coefficient (Wildman–Crippen LogP) is -0.557. The van der Waals surface area contributed by atoms with Gasteiger partial charge in [0.25, 0.3) is 0 Å². The molecule has 1 saturated heterocycles. The Hall–Kier alpha value is 0.170. The molecular formula is C3H9ClN2O. The molecule has 4 heteroatoms. The van der Waals surface area contributed by atoms with Crippen molar-refractivity contribution in [3.05, 3.63) is 0 Å². The second-order valence-corrected chi connectivity index (χ2v) is 1.42. The summed E-state index contributed by atoms with van der Waals surface area (Å²) in [5.74, 6) is 8.67. The third-order valence-electron chi connectivity index (χ3n) is 0.574. The zero-order chi connectivity index (χ0) is 5.70. The summed E-state index contributed by atoms with van der Waals surface area (Å²) in [5, 5.41) is 0. The first-order valence-corrected chi connectivity index (χ1v) is 2.48. The van der Waals surface area contributed by atoms with Crippen LogP contribution in [0.3, 0.4) is 0 Å². The number of rotatable bonds is 1. The van der Waals surface area contributed by atoms with Gasteiger partial charge in [0, 0.05) is 0 Å². The van der Waals surface area contributed by atoms with Gasteiger partial charge in [0.1, 0.15) is 0 Å². The molecule has 3 nitrogen and oxygen atoms in total. The Bertz CT molecular complexity index is 39.9. The van der Waals surface area contributed by atoms with Crippen molar-refractivity contribution in [2.75, 3.05) is 12.5 Å². The van der Waals surface area contributed by atoms with Crippen molar-refractivity contribution in [1.82, 2.24) is 0 Å². The number of ether oxygens (including phenoxy) is 1. The lowest BCUT2D eigenvalue weighted by Crippen LogP contribution is -2.02. The fraction of sp³-hybridized carbons (Fsp3) is 1.00. The summed E-state index contributed by atoms with van der Waals surface area (Å²) >= 11 is 5.27. The van der Waals surface area contributed by atoms with Crippen molar-refractivity contribution in [3.63, 3.8) is 0 Å². The Balaban J connectivity index is 0.000000162. The van der Waals surface area contributed by atoms with Crippen molar-refractivity contribution >= 4 is 11.6 Å². The first-order valence-electron chi connectivity index (χ1n) is 1.94. The van der Waals surface area contributed by atoms with Gasteiger partial charge in [-0.25, -0.2) is 0 Å². The molecule has 44 valence electrons. The van der Waals surface area contributed by atoms with Crippen LogP contribution in [0.15, 0.2) is 0 Å². The summed E-state index contributed by atoms with van der Waals surface area (Å²) in [6.07, 6.45) is 0.400. The van der Waals surface area contributed by atoms with E-state index in [9.17, 15) is 0 Å². The van der Waals surface area contributed by atoms with E-state index in [2.05, 4.69) is 11.7 Å². The number of epoxide rings is 1. The van der Waals surface area contributed by atoms with Crippen LogP contribution >= 0.6 is 11.6 Å². The van der Waals surface area contributed by atoms with Gasteiger partial charge in [-0.05, 0) is 0 Å². The summed E-state index contributed by atoms with van der Waals surface area (Å²) < 4.78 is 4.73. The van der Waals surface area contributed by atoms with Gasteiger partial charge >= 0.3 is 0 Å². The summed E-state index contributed by atoms with van der Waals surface area (Å²) in [6.45, 7) is 0.878. The van der Waals surface area contributed by atoms with Crippen molar-refractivity contribution in [2.45, 2.75) is 6.10 Å². The highest BCUT2D eigenvalue weighted by molar-refractivity contribution is 6.18. The van der Waals surface area contributed by atoms with Gasteiger partial charge in [0.15, 0.2) is 0 Å². The van der Waals surface area contributed by atoms with Gasteiger partial charge in [-0.1, -0.05) is 0 Å². The maximum Gasteiger partial charge on any atom is 0.0944 e. The van der Waals surface area contributed by atoms with Crippen LogP contribution in [0.4, 0.5) is 0 Å². The van der Waals surface area contributed by atoms with E-state index in [0.29, 0.717) is 12.0 Å². The fourth-order valence-electron chi connectivity index (χ4n) is 0.157. The minimum atomic E-state index is 0.400.